The summed E-state index contributed by atoms with van der Waals surface area (Å²) < 4.78 is 12.7. The summed E-state index contributed by atoms with van der Waals surface area (Å²) in [5.41, 5.74) is 2.62. The maximum Gasteiger partial charge on any atom is 0.251 e. The number of carbonyl (C=O) groups is 1. The fourth-order valence-electron chi connectivity index (χ4n) is 2.84. The molecule has 1 N–H and O–H groups in total. The summed E-state index contributed by atoms with van der Waals surface area (Å²) in [6.07, 6.45) is 3.94. The van der Waals surface area contributed by atoms with Crippen molar-refractivity contribution in [1.82, 2.24) is 9.88 Å². The number of hydrogen-bond acceptors (Lipinski definition) is 3. The minimum atomic E-state index is -0.133. The molecule has 0 fully saturated rings. The summed E-state index contributed by atoms with van der Waals surface area (Å²) >= 11 is 0. The molecule has 1 aromatic heterocycles. The maximum atomic E-state index is 12.5. The van der Waals surface area contributed by atoms with Crippen molar-refractivity contribution >= 4 is 5.91 Å². The number of nitrogens with one attached hydrogen (secondary N) is 1. The Morgan fingerprint density at radius 3 is 2.52 bits per heavy atom. The Kier molecular flexibility index (Phi) is 3.90. The van der Waals surface area contributed by atoms with Gasteiger partial charge in [-0.05, 0) is 61.0 Å². The minimum absolute atomic E-state index is 0.107. The quantitative estimate of drug-likeness (QED) is 0.791. The van der Waals surface area contributed by atoms with Gasteiger partial charge in [-0.1, -0.05) is 6.07 Å². The molecule has 4 rings (SSSR count). The fourth-order valence-corrected chi connectivity index (χ4v) is 2.84. The van der Waals surface area contributed by atoms with Gasteiger partial charge in [0, 0.05) is 23.6 Å². The molecule has 0 bridgehead atoms. The van der Waals surface area contributed by atoms with Crippen LogP contribution in [-0.4, -0.2) is 17.3 Å². The first-order chi connectivity index (χ1) is 12.2. The van der Waals surface area contributed by atoms with E-state index in [1.54, 1.807) is 0 Å². The third kappa shape index (κ3) is 3.08. The zero-order valence-electron chi connectivity index (χ0n) is 13.8. The number of ether oxygens (including phenoxy) is 2. The molecule has 0 saturated heterocycles. The summed E-state index contributed by atoms with van der Waals surface area (Å²) in [6, 6.07) is 17.0. The predicted octanol–water partition coefficient (Wildman–Crippen LogP) is 3.70. The van der Waals surface area contributed by atoms with Gasteiger partial charge in [0.05, 0.1) is 6.04 Å². The van der Waals surface area contributed by atoms with E-state index in [2.05, 4.69) is 5.32 Å². The number of aromatic nitrogens is 1. The number of carbonyl (C=O) groups excluding carboxylic acids is 1. The van der Waals surface area contributed by atoms with E-state index in [4.69, 9.17) is 9.47 Å². The number of nitrogens with zero attached hydrogens (tertiary/aromatic N) is 1. The van der Waals surface area contributed by atoms with Gasteiger partial charge in [0.25, 0.3) is 5.91 Å². The number of benzene rings is 2. The number of fused-ring (bicyclic) bond motifs is 1. The highest BCUT2D eigenvalue weighted by Gasteiger charge is 2.17. The standard InChI is InChI=1S/C20H18N2O3/c1-14(16-6-9-18-19(12-16)25-13-24-18)21-20(23)15-4-7-17(8-5-15)22-10-2-3-11-22/h2-12,14H,13H2,1H3,(H,21,23). The van der Waals surface area contributed by atoms with E-state index in [1.165, 1.54) is 0 Å². The van der Waals surface area contributed by atoms with Gasteiger partial charge in [0.1, 0.15) is 0 Å². The SMILES string of the molecule is CC(NC(=O)c1ccc(-n2cccc2)cc1)c1ccc2c(c1)OCO2. The molecule has 25 heavy (non-hydrogen) atoms. The Hall–Kier alpha value is -3.21. The second-order valence-corrected chi connectivity index (χ2v) is 5.95. The Morgan fingerprint density at radius 2 is 1.76 bits per heavy atom. The molecule has 2 heterocycles. The normalized spacial score (nSPS) is 13.5. The number of amides is 1. The molecule has 1 aliphatic heterocycles. The minimum Gasteiger partial charge on any atom is -0.454 e. The van der Waals surface area contributed by atoms with Gasteiger partial charge in [-0.25, -0.2) is 0 Å². The lowest BCUT2D eigenvalue weighted by atomic mass is 10.1. The van der Waals surface area contributed by atoms with Gasteiger partial charge in [0.2, 0.25) is 6.79 Å². The molecule has 1 unspecified atom stereocenters. The Morgan fingerprint density at radius 1 is 1.04 bits per heavy atom. The third-order valence-corrected chi connectivity index (χ3v) is 4.28. The molecule has 1 amide bonds. The second-order valence-electron chi connectivity index (χ2n) is 5.95. The van der Waals surface area contributed by atoms with Crippen LogP contribution in [0.15, 0.2) is 67.0 Å². The zero-order valence-corrected chi connectivity index (χ0v) is 13.8. The van der Waals surface area contributed by atoms with Crippen LogP contribution in [-0.2, 0) is 0 Å². The lowest BCUT2D eigenvalue weighted by Gasteiger charge is -2.15. The zero-order chi connectivity index (χ0) is 17.2. The monoisotopic (exact) mass is 334 g/mol. The van der Waals surface area contributed by atoms with Gasteiger partial charge >= 0.3 is 0 Å². The van der Waals surface area contributed by atoms with Crippen LogP contribution in [0.4, 0.5) is 0 Å². The van der Waals surface area contributed by atoms with E-state index in [-0.39, 0.29) is 18.7 Å². The van der Waals surface area contributed by atoms with E-state index in [9.17, 15) is 4.79 Å². The molecule has 2 aromatic carbocycles. The van der Waals surface area contributed by atoms with Crippen molar-refractivity contribution in [2.75, 3.05) is 6.79 Å². The van der Waals surface area contributed by atoms with Crippen molar-refractivity contribution in [2.45, 2.75) is 13.0 Å². The fraction of sp³-hybridized carbons (Fsp3) is 0.150. The van der Waals surface area contributed by atoms with Crippen LogP contribution < -0.4 is 14.8 Å². The molecule has 5 heteroatoms. The van der Waals surface area contributed by atoms with Crippen LogP contribution in [0.2, 0.25) is 0 Å². The van der Waals surface area contributed by atoms with E-state index in [0.29, 0.717) is 5.56 Å². The summed E-state index contributed by atoms with van der Waals surface area (Å²) in [4.78, 5) is 12.5. The van der Waals surface area contributed by atoms with Gasteiger partial charge in [-0.2, -0.15) is 0 Å². The van der Waals surface area contributed by atoms with Gasteiger partial charge in [-0.15, -0.1) is 0 Å². The number of rotatable bonds is 4. The highest BCUT2D eigenvalue weighted by Crippen LogP contribution is 2.34. The smallest absolute Gasteiger partial charge is 0.251 e. The van der Waals surface area contributed by atoms with E-state index in [1.807, 2.05) is 78.5 Å². The topological polar surface area (TPSA) is 52.5 Å². The molecule has 0 aliphatic carbocycles. The van der Waals surface area contributed by atoms with Crippen LogP contribution in [0, 0.1) is 0 Å². The van der Waals surface area contributed by atoms with E-state index < -0.39 is 0 Å². The van der Waals surface area contributed by atoms with Gasteiger partial charge < -0.3 is 19.4 Å². The van der Waals surface area contributed by atoms with E-state index in [0.717, 1.165) is 22.7 Å². The number of hydrogen-bond donors (Lipinski definition) is 1. The van der Waals surface area contributed by atoms with Crippen LogP contribution in [0.1, 0.15) is 28.9 Å². The summed E-state index contributed by atoms with van der Waals surface area (Å²) in [5.74, 6) is 1.35. The van der Waals surface area contributed by atoms with E-state index >= 15 is 0 Å². The second kappa shape index (κ2) is 6.36. The first-order valence-electron chi connectivity index (χ1n) is 8.14. The highest BCUT2D eigenvalue weighted by molar-refractivity contribution is 5.94. The average molecular weight is 334 g/mol. The summed E-state index contributed by atoms with van der Waals surface area (Å²) in [5, 5.41) is 3.02. The largest absolute Gasteiger partial charge is 0.454 e. The first-order valence-corrected chi connectivity index (χ1v) is 8.14. The maximum absolute atomic E-state index is 12.5. The third-order valence-electron chi connectivity index (χ3n) is 4.28. The molecule has 1 aliphatic rings. The van der Waals surface area contributed by atoms with Crippen molar-refractivity contribution in [1.29, 1.82) is 0 Å². The molecule has 3 aromatic rings. The first kappa shape index (κ1) is 15.3. The van der Waals surface area contributed by atoms with Crippen molar-refractivity contribution in [3.8, 4) is 17.2 Å². The van der Waals surface area contributed by atoms with Crippen LogP contribution in [0.25, 0.3) is 5.69 Å². The molecule has 0 radical (unpaired) electrons. The molecule has 0 saturated carbocycles. The van der Waals surface area contributed by atoms with Crippen LogP contribution in [0.5, 0.6) is 11.5 Å². The molecule has 0 spiro atoms. The Bertz CT molecular complexity index is 886. The van der Waals surface area contributed by atoms with Crippen molar-refractivity contribution in [3.63, 3.8) is 0 Å². The van der Waals surface area contributed by atoms with Gasteiger partial charge in [-0.3, -0.25) is 4.79 Å². The predicted molar refractivity (Wildman–Crippen MR) is 94.2 cm³/mol. The molecule has 126 valence electrons. The highest BCUT2D eigenvalue weighted by atomic mass is 16.7. The van der Waals surface area contributed by atoms with Crippen molar-refractivity contribution in [2.24, 2.45) is 0 Å². The van der Waals surface area contributed by atoms with Crippen molar-refractivity contribution in [3.05, 3.63) is 78.1 Å². The summed E-state index contributed by atoms with van der Waals surface area (Å²) in [6.45, 7) is 2.19. The lowest BCUT2D eigenvalue weighted by Crippen LogP contribution is -2.26. The van der Waals surface area contributed by atoms with Crippen LogP contribution >= 0.6 is 0 Å². The molecule has 5 nitrogen and oxygen atoms in total. The molecular weight excluding hydrogens is 316 g/mol. The molecular formula is C20H18N2O3. The summed E-state index contributed by atoms with van der Waals surface area (Å²) in [7, 11) is 0. The van der Waals surface area contributed by atoms with Crippen LogP contribution in [0.3, 0.4) is 0 Å². The van der Waals surface area contributed by atoms with Crippen molar-refractivity contribution < 1.29 is 14.3 Å². The lowest BCUT2D eigenvalue weighted by molar-refractivity contribution is 0.0940. The average Bonchev–Trinajstić information content (AvgIpc) is 3.32. The Labute approximate surface area is 145 Å². The Balaban J connectivity index is 1.46. The van der Waals surface area contributed by atoms with Gasteiger partial charge in [0.15, 0.2) is 11.5 Å². The molecule has 1 atom stereocenters.